The number of imidazole rings is 1. The second kappa shape index (κ2) is 6.07. The summed E-state index contributed by atoms with van der Waals surface area (Å²) in [5.41, 5.74) is 2.87. The summed E-state index contributed by atoms with van der Waals surface area (Å²) in [6.07, 6.45) is 0. The van der Waals surface area contributed by atoms with Gasteiger partial charge in [0.2, 0.25) is 0 Å². The van der Waals surface area contributed by atoms with Crippen LogP contribution in [0, 0.1) is 5.41 Å². The molecule has 3 aromatic rings. The van der Waals surface area contributed by atoms with Crippen LogP contribution in [0.4, 0.5) is 5.69 Å². The van der Waals surface area contributed by atoms with Crippen LogP contribution in [0.5, 0.6) is 5.75 Å². The van der Waals surface area contributed by atoms with Crippen LogP contribution in [-0.4, -0.2) is 34.1 Å². The number of halogens is 1. The number of amidine groups is 1. The summed E-state index contributed by atoms with van der Waals surface area (Å²) in [5.74, 6) is 1.59. The number of ether oxygens (including phenoxy) is 1. The van der Waals surface area contributed by atoms with Gasteiger partial charge in [0.05, 0.1) is 30.3 Å². The third kappa shape index (κ3) is 2.50. The fourth-order valence-electron chi connectivity index (χ4n) is 3.19. The van der Waals surface area contributed by atoms with Crippen molar-refractivity contribution in [2.24, 2.45) is 7.05 Å². The van der Waals surface area contributed by atoms with Gasteiger partial charge in [-0.25, -0.2) is 4.98 Å². The van der Waals surface area contributed by atoms with Crippen LogP contribution in [0.1, 0.15) is 5.82 Å². The standard InChI is InChI=1S/C19H17ClN4O2/c1-23-15-8-7-13(26-2)9-14(15)22-19(23)17-16(25)10-24(18(17)21)12-5-3-11(20)4-6-12/h3-9,21,25H,10H2,1-2H3. The van der Waals surface area contributed by atoms with Crippen molar-refractivity contribution in [3.63, 3.8) is 0 Å². The van der Waals surface area contributed by atoms with Crippen molar-refractivity contribution in [2.75, 3.05) is 18.6 Å². The van der Waals surface area contributed by atoms with Crippen molar-refractivity contribution in [1.82, 2.24) is 9.55 Å². The molecule has 1 aromatic heterocycles. The highest BCUT2D eigenvalue weighted by molar-refractivity contribution is 6.31. The van der Waals surface area contributed by atoms with Crippen LogP contribution in [0.2, 0.25) is 5.02 Å². The molecule has 0 atom stereocenters. The summed E-state index contributed by atoms with van der Waals surface area (Å²) in [4.78, 5) is 6.35. The van der Waals surface area contributed by atoms with E-state index in [0.29, 0.717) is 22.2 Å². The van der Waals surface area contributed by atoms with E-state index in [2.05, 4.69) is 4.98 Å². The number of aliphatic hydroxyl groups is 1. The molecule has 0 fully saturated rings. The van der Waals surface area contributed by atoms with E-state index in [-0.39, 0.29) is 18.1 Å². The van der Waals surface area contributed by atoms with Crippen LogP contribution in [0.15, 0.2) is 48.2 Å². The Labute approximate surface area is 155 Å². The molecule has 0 aliphatic carbocycles. The lowest BCUT2D eigenvalue weighted by molar-refractivity contribution is 0.411. The van der Waals surface area contributed by atoms with Gasteiger partial charge >= 0.3 is 0 Å². The molecule has 0 bridgehead atoms. The molecule has 0 spiro atoms. The number of benzene rings is 2. The molecule has 1 aliphatic rings. The number of nitrogens with one attached hydrogen (secondary N) is 1. The predicted molar refractivity (Wildman–Crippen MR) is 103 cm³/mol. The van der Waals surface area contributed by atoms with Gasteiger partial charge in [0.1, 0.15) is 23.2 Å². The summed E-state index contributed by atoms with van der Waals surface area (Å²) in [6, 6.07) is 12.8. The van der Waals surface area contributed by atoms with E-state index < -0.39 is 0 Å². The molecule has 2 aromatic carbocycles. The fraction of sp³-hybridized carbons (Fsp3) is 0.158. The third-order valence-electron chi connectivity index (χ3n) is 4.55. The average Bonchev–Trinajstić information content (AvgIpc) is 3.11. The SMILES string of the molecule is COc1ccc2c(c1)nc(C1=C(O)CN(c3ccc(Cl)cc3)C1=N)n2C. The van der Waals surface area contributed by atoms with Gasteiger partial charge in [-0.05, 0) is 36.4 Å². The summed E-state index contributed by atoms with van der Waals surface area (Å²) in [5, 5.41) is 19.7. The number of anilines is 1. The number of methoxy groups -OCH3 is 1. The number of fused-ring (bicyclic) bond motifs is 1. The van der Waals surface area contributed by atoms with E-state index in [1.54, 1.807) is 24.1 Å². The lowest BCUT2D eigenvalue weighted by Gasteiger charge is -2.18. The zero-order valence-electron chi connectivity index (χ0n) is 14.3. The highest BCUT2D eigenvalue weighted by atomic mass is 35.5. The Morgan fingerprint density at radius 2 is 1.92 bits per heavy atom. The lowest BCUT2D eigenvalue weighted by atomic mass is 10.2. The molecule has 2 heterocycles. The first-order chi connectivity index (χ1) is 12.5. The first-order valence-electron chi connectivity index (χ1n) is 8.04. The minimum atomic E-state index is 0.121. The van der Waals surface area contributed by atoms with E-state index in [0.717, 1.165) is 16.7 Å². The number of aliphatic hydroxyl groups excluding tert-OH is 1. The van der Waals surface area contributed by atoms with Gasteiger partial charge in [-0.1, -0.05) is 11.6 Å². The molecule has 0 unspecified atom stereocenters. The first-order valence-corrected chi connectivity index (χ1v) is 8.42. The molecule has 0 radical (unpaired) electrons. The number of aryl methyl sites for hydroxylation is 1. The number of aromatic nitrogens is 2. The van der Waals surface area contributed by atoms with Gasteiger partial charge in [0, 0.05) is 23.8 Å². The van der Waals surface area contributed by atoms with Crippen LogP contribution in [-0.2, 0) is 7.05 Å². The molecule has 26 heavy (non-hydrogen) atoms. The quantitative estimate of drug-likeness (QED) is 0.732. The second-order valence-corrected chi connectivity index (χ2v) is 6.52. The summed E-state index contributed by atoms with van der Waals surface area (Å²) in [7, 11) is 3.48. The maximum Gasteiger partial charge on any atom is 0.148 e. The van der Waals surface area contributed by atoms with Crippen molar-refractivity contribution in [3.8, 4) is 5.75 Å². The number of rotatable bonds is 3. The van der Waals surface area contributed by atoms with Crippen molar-refractivity contribution in [2.45, 2.75) is 0 Å². The monoisotopic (exact) mass is 368 g/mol. The maximum atomic E-state index is 10.5. The largest absolute Gasteiger partial charge is 0.509 e. The fourth-order valence-corrected chi connectivity index (χ4v) is 3.31. The Bertz CT molecular complexity index is 1050. The molecular weight excluding hydrogens is 352 g/mol. The molecular formula is C19H17ClN4O2. The van der Waals surface area contributed by atoms with Crippen LogP contribution in [0.25, 0.3) is 16.6 Å². The van der Waals surface area contributed by atoms with Gasteiger partial charge < -0.3 is 19.3 Å². The van der Waals surface area contributed by atoms with Gasteiger partial charge in [-0.15, -0.1) is 0 Å². The van der Waals surface area contributed by atoms with Crippen molar-refractivity contribution < 1.29 is 9.84 Å². The molecule has 0 saturated heterocycles. The zero-order valence-corrected chi connectivity index (χ0v) is 15.1. The van der Waals surface area contributed by atoms with Gasteiger partial charge in [0.25, 0.3) is 0 Å². The topological polar surface area (TPSA) is 74.4 Å². The Kier molecular flexibility index (Phi) is 3.85. The second-order valence-electron chi connectivity index (χ2n) is 6.08. The highest BCUT2D eigenvalue weighted by Gasteiger charge is 2.32. The summed E-state index contributed by atoms with van der Waals surface area (Å²) >= 11 is 5.94. The van der Waals surface area contributed by atoms with Crippen molar-refractivity contribution >= 4 is 39.7 Å². The Hall–Kier alpha value is -2.99. The van der Waals surface area contributed by atoms with Crippen LogP contribution < -0.4 is 9.64 Å². The summed E-state index contributed by atoms with van der Waals surface area (Å²) < 4.78 is 7.13. The maximum absolute atomic E-state index is 10.5. The molecule has 6 nitrogen and oxygen atoms in total. The first kappa shape index (κ1) is 16.5. The average molecular weight is 369 g/mol. The van der Waals surface area contributed by atoms with Crippen molar-refractivity contribution in [3.05, 3.63) is 59.1 Å². The number of nitrogens with zero attached hydrogens (tertiary/aromatic N) is 3. The Morgan fingerprint density at radius 1 is 1.19 bits per heavy atom. The van der Waals surface area contributed by atoms with E-state index in [4.69, 9.17) is 21.7 Å². The molecule has 1 aliphatic heterocycles. The molecule has 132 valence electrons. The van der Waals surface area contributed by atoms with Gasteiger partial charge in [-0.3, -0.25) is 5.41 Å². The van der Waals surface area contributed by atoms with E-state index in [1.165, 1.54) is 0 Å². The smallest absolute Gasteiger partial charge is 0.148 e. The van der Waals surface area contributed by atoms with Crippen LogP contribution in [0.3, 0.4) is 0 Å². The van der Waals surface area contributed by atoms with Gasteiger partial charge in [0.15, 0.2) is 0 Å². The number of hydrogen-bond donors (Lipinski definition) is 2. The summed E-state index contributed by atoms with van der Waals surface area (Å²) in [6.45, 7) is 0.225. The van der Waals surface area contributed by atoms with E-state index in [9.17, 15) is 5.11 Å². The Morgan fingerprint density at radius 3 is 2.62 bits per heavy atom. The minimum Gasteiger partial charge on any atom is -0.509 e. The van der Waals surface area contributed by atoms with Crippen molar-refractivity contribution in [1.29, 1.82) is 5.41 Å². The molecule has 0 saturated carbocycles. The van der Waals surface area contributed by atoms with E-state index >= 15 is 0 Å². The Balaban J connectivity index is 1.76. The predicted octanol–water partition coefficient (Wildman–Crippen LogP) is 4.00. The molecule has 4 rings (SSSR count). The van der Waals surface area contributed by atoms with Crippen LogP contribution >= 0.6 is 11.6 Å². The highest BCUT2D eigenvalue weighted by Crippen LogP contribution is 2.33. The molecule has 2 N–H and O–H groups in total. The molecule has 7 heteroatoms. The van der Waals surface area contributed by atoms with Gasteiger partial charge in [-0.2, -0.15) is 0 Å². The normalized spacial score (nSPS) is 14.6. The number of hydrogen-bond acceptors (Lipinski definition) is 4. The third-order valence-corrected chi connectivity index (χ3v) is 4.81. The van der Waals surface area contributed by atoms with E-state index in [1.807, 2.05) is 41.9 Å². The minimum absolute atomic E-state index is 0.121. The zero-order chi connectivity index (χ0) is 18.4. The molecule has 0 amide bonds. The lowest BCUT2D eigenvalue weighted by Crippen LogP contribution is -2.26.